The van der Waals surface area contributed by atoms with E-state index in [4.69, 9.17) is 14.5 Å². The molecule has 1 atom stereocenters. The van der Waals surface area contributed by atoms with Gasteiger partial charge in [-0.1, -0.05) is 13.0 Å². The Bertz CT molecular complexity index is 920. The van der Waals surface area contributed by atoms with E-state index in [0.717, 1.165) is 41.3 Å². The Balaban J connectivity index is 2.07. The summed E-state index contributed by atoms with van der Waals surface area (Å²) in [6.07, 6.45) is 8.26. The molecule has 27 heavy (non-hydrogen) atoms. The normalized spacial score (nSPS) is 12.1. The molecule has 0 aromatic carbocycles. The summed E-state index contributed by atoms with van der Waals surface area (Å²) in [6, 6.07) is 6.08. The molecule has 0 bridgehead atoms. The predicted octanol–water partition coefficient (Wildman–Crippen LogP) is 4.03. The van der Waals surface area contributed by atoms with Crippen molar-refractivity contribution in [2.75, 3.05) is 20.3 Å². The Morgan fingerprint density at radius 3 is 2.93 bits per heavy atom. The third-order valence-electron chi connectivity index (χ3n) is 4.36. The van der Waals surface area contributed by atoms with Crippen LogP contribution in [0.4, 0.5) is 0 Å². The summed E-state index contributed by atoms with van der Waals surface area (Å²) in [6.45, 7) is 9.36. The number of nitrogens with zero attached hydrogens (tertiary/aromatic N) is 3. The van der Waals surface area contributed by atoms with Crippen LogP contribution in [-0.4, -0.2) is 34.6 Å². The molecule has 3 aromatic rings. The van der Waals surface area contributed by atoms with E-state index in [0.29, 0.717) is 12.4 Å². The smallest absolute Gasteiger partial charge is 0.179 e. The molecule has 0 aliphatic heterocycles. The van der Waals surface area contributed by atoms with Crippen molar-refractivity contribution in [3.63, 3.8) is 0 Å². The monoisotopic (exact) mass is 366 g/mol. The summed E-state index contributed by atoms with van der Waals surface area (Å²) in [5.74, 6) is 1.44. The fraction of sp³-hybridized carbons (Fsp3) is 0.333. The van der Waals surface area contributed by atoms with Crippen molar-refractivity contribution in [2.45, 2.75) is 26.3 Å². The topological polar surface area (TPSA) is 60.7 Å². The molecule has 0 unspecified atom stereocenters. The van der Waals surface area contributed by atoms with Crippen LogP contribution in [0.1, 0.15) is 32.0 Å². The summed E-state index contributed by atoms with van der Waals surface area (Å²) in [7, 11) is 1.66. The molecule has 0 saturated heterocycles. The van der Waals surface area contributed by atoms with E-state index in [1.165, 1.54) is 0 Å². The van der Waals surface area contributed by atoms with Crippen LogP contribution in [0, 0.1) is 0 Å². The van der Waals surface area contributed by atoms with Crippen molar-refractivity contribution in [1.82, 2.24) is 19.7 Å². The van der Waals surface area contributed by atoms with Gasteiger partial charge < -0.3 is 19.2 Å². The van der Waals surface area contributed by atoms with E-state index >= 15 is 0 Å². The molecule has 0 fully saturated rings. The molecule has 0 amide bonds. The Morgan fingerprint density at radius 1 is 1.33 bits per heavy atom. The second-order valence-electron chi connectivity index (χ2n) is 6.24. The van der Waals surface area contributed by atoms with Crippen LogP contribution in [-0.2, 0) is 0 Å². The minimum atomic E-state index is 0.153. The van der Waals surface area contributed by atoms with Crippen molar-refractivity contribution in [3.8, 4) is 22.8 Å². The second kappa shape index (κ2) is 8.68. The Hall–Kier alpha value is -2.86. The summed E-state index contributed by atoms with van der Waals surface area (Å²) in [5.41, 5.74) is 3.44. The van der Waals surface area contributed by atoms with E-state index in [-0.39, 0.29) is 6.04 Å². The average molecular weight is 366 g/mol. The van der Waals surface area contributed by atoms with Crippen LogP contribution in [0.5, 0.6) is 11.5 Å². The Morgan fingerprint density at radius 2 is 2.19 bits per heavy atom. The third-order valence-corrected chi connectivity index (χ3v) is 4.36. The number of aromatic nitrogens is 3. The van der Waals surface area contributed by atoms with Gasteiger partial charge in [-0.15, -0.1) is 6.58 Å². The lowest BCUT2D eigenvalue weighted by Gasteiger charge is -2.16. The first-order chi connectivity index (χ1) is 13.2. The standard InChI is InChI=1S/C21H26N4O2/c1-5-7-12-27-19-13-16(14-25-11-10-23-21(19)25)20-18(26-4)9-8-17(24-20)15(3)22-6-2/h5,8-11,13-15,22H,1,6-7,12H2,2-4H3/t15-/m1/s1. The van der Waals surface area contributed by atoms with Crippen LogP contribution in [0.3, 0.4) is 0 Å². The van der Waals surface area contributed by atoms with Crippen molar-refractivity contribution in [1.29, 1.82) is 0 Å². The number of ether oxygens (including phenoxy) is 2. The number of rotatable bonds is 9. The number of fused-ring (bicyclic) bond motifs is 1. The zero-order valence-electron chi connectivity index (χ0n) is 16.1. The fourth-order valence-corrected chi connectivity index (χ4v) is 2.97. The van der Waals surface area contributed by atoms with Gasteiger partial charge in [0.05, 0.1) is 19.4 Å². The van der Waals surface area contributed by atoms with Gasteiger partial charge in [0.1, 0.15) is 11.4 Å². The van der Waals surface area contributed by atoms with Gasteiger partial charge in [0.15, 0.2) is 11.4 Å². The first-order valence-electron chi connectivity index (χ1n) is 9.17. The number of imidazole rings is 1. The minimum absolute atomic E-state index is 0.153. The Labute approximate surface area is 159 Å². The van der Waals surface area contributed by atoms with Crippen molar-refractivity contribution >= 4 is 5.65 Å². The summed E-state index contributed by atoms with van der Waals surface area (Å²) >= 11 is 0. The fourth-order valence-electron chi connectivity index (χ4n) is 2.97. The summed E-state index contributed by atoms with van der Waals surface area (Å²) < 4.78 is 13.4. The van der Waals surface area contributed by atoms with Gasteiger partial charge in [0.2, 0.25) is 0 Å². The SMILES string of the molecule is C=CCCOc1cc(-c2nc([C@@H](C)NCC)ccc2OC)cn2ccnc12. The molecule has 0 saturated carbocycles. The number of hydrogen-bond donors (Lipinski definition) is 1. The average Bonchev–Trinajstić information content (AvgIpc) is 3.16. The zero-order chi connectivity index (χ0) is 19.2. The molecule has 0 aliphatic rings. The highest BCUT2D eigenvalue weighted by molar-refractivity contribution is 5.71. The van der Waals surface area contributed by atoms with Crippen LogP contribution in [0.25, 0.3) is 16.9 Å². The highest BCUT2D eigenvalue weighted by atomic mass is 16.5. The highest BCUT2D eigenvalue weighted by Crippen LogP contribution is 2.33. The molecule has 3 heterocycles. The van der Waals surface area contributed by atoms with Crippen LogP contribution in [0.15, 0.2) is 49.4 Å². The number of pyridine rings is 2. The van der Waals surface area contributed by atoms with Gasteiger partial charge in [0.25, 0.3) is 0 Å². The lowest BCUT2D eigenvalue weighted by Crippen LogP contribution is -2.19. The maximum atomic E-state index is 5.93. The minimum Gasteiger partial charge on any atom is -0.494 e. The van der Waals surface area contributed by atoms with Crippen molar-refractivity contribution in [3.05, 3.63) is 55.1 Å². The largest absolute Gasteiger partial charge is 0.494 e. The zero-order valence-corrected chi connectivity index (χ0v) is 16.1. The molecule has 0 aliphatic carbocycles. The second-order valence-corrected chi connectivity index (χ2v) is 6.24. The van der Waals surface area contributed by atoms with E-state index in [1.54, 1.807) is 13.3 Å². The highest BCUT2D eigenvalue weighted by Gasteiger charge is 2.16. The summed E-state index contributed by atoms with van der Waals surface area (Å²) in [5, 5.41) is 3.40. The molecule has 1 N–H and O–H groups in total. The van der Waals surface area contributed by atoms with E-state index in [1.807, 2.05) is 41.1 Å². The lowest BCUT2D eigenvalue weighted by atomic mass is 10.1. The number of hydrogen-bond acceptors (Lipinski definition) is 5. The van der Waals surface area contributed by atoms with E-state index in [2.05, 4.69) is 30.7 Å². The maximum absolute atomic E-state index is 5.93. The van der Waals surface area contributed by atoms with Gasteiger partial charge in [-0.2, -0.15) is 0 Å². The van der Waals surface area contributed by atoms with Gasteiger partial charge >= 0.3 is 0 Å². The van der Waals surface area contributed by atoms with Crippen LogP contribution >= 0.6 is 0 Å². The van der Waals surface area contributed by atoms with Gasteiger partial charge in [0, 0.05) is 30.2 Å². The van der Waals surface area contributed by atoms with Crippen LogP contribution < -0.4 is 14.8 Å². The molecular weight excluding hydrogens is 340 g/mol. The maximum Gasteiger partial charge on any atom is 0.179 e. The van der Waals surface area contributed by atoms with E-state index < -0.39 is 0 Å². The quantitative estimate of drug-likeness (QED) is 0.458. The first-order valence-corrected chi connectivity index (χ1v) is 9.17. The van der Waals surface area contributed by atoms with Gasteiger partial charge in [-0.25, -0.2) is 9.97 Å². The van der Waals surface area contributed by atoms with Crippen LogP contribution in [0.2, 0.25) is 0 Å². The molecule has 3 rings (SSSR count). The third kappa shape index (κ3) is 4.11. The van der Waals surface area contributed by atoms with Crippen molar-refractivity contribution in [2.24, 2.45) is 0 Å². The lowest BCUT2D eigenvalue weighted by molar-refractivity contribution is 0.327. The van der Waals surface area contributed by atoms with Gasteiger partial charge in [-0.05, 0) is 38.1 Å². The molecular formula is C21H26N4O2. The molecule has 3 aromatic heterocycles. The molecule has 6 heteroatoms. The molecule has 142 valence electrons. The van der Waals surface area contributed by atoms with Gasteiger partial charge in [-0.3, -0.25) is 0 Å². The Kier molecular flexibility index (Phi) is 6.08. The van der Waals surface area contributed by atoms with E-state index in [9.17, 15) is 0 Å². The number of nitrogens with one attached hydrogen (secondary N) is 1. The van der Waals surface area contributed by atoms with Crippen molar-refractivity contribution < 1.29 is 9.47 Å². The summed E-state index contributed by atoms with van der Waals surface area (Å²) in [4.78, 5) is 9.26. The first kappa shape index (κ1) is 18.9. The molecule has 6 nitrogen and oxygen atoms in total. The molecule has 0 spiro atoms. The predicted molar refractivity (Wildman–Crippen MR) is 107 cm³/mol. The molecule has 0 radical (unpaired) electrons. The number of methoxy groups -OCH3 is 1.